The molecule has 2 aromatic rings. The van der Waals surface area contributed by atoms with Gasteiger partial charge in [-0.15, -0.1) is 11.8 Å². The third-order valence-corrected chi connectivity index (χ3v) is 3.59. The number of nitrogen functional groups attached to an aromatic ring is 1. The molecule has 16 heavy (non-hydrogen) atoms. The Bertz CT molecular complexity index is 453. The van der Waals surface area contributed by atoms with E-state index in [0.717, 1.165) is 5.69 Å². The second kappa shape index (κ2) is 5.08. The van der Waals surface area contributed by atoms with E-state index in [0.29, 0.717) is 5.25 Å². The number of nitrogens with two attached hydrogens (primary N) is 1. The highest BCUT2D eigenvalue weighted by molar-refractivity contribution is 7.99. The van der Waals surface area contributed by atoms with Crippen molar-refractivity contribution in [2.45, 2.75) is 17.1 Å². The van der Waals surface area contributed by atoms with E-state index in [2.05, 4.69) is 37.3 Å². The Labute approximate surface area is 101 Å². The number of thioether (sulfide) groups is 1. The smallest absolute Gasteiger partial charge is 0.0325 e. The van der Waals surface area contributed by atoms with Gasteiger partial charge in [0.25, 0.3) is 0 Å². The van der Waals surface area contributed by atoms with Crippen molar-refractivity contribution in [2.24, 2.45) is 0 Å². The summed E-state index contributed by atoms with van der Waals surface area (Å²) in [7, 11) is 0. The average molecular weight is 229 g/mol. The van der Waals surface area contributed by atoms with Crippen LogP contribution < -0.4 is 5.73 Å². The van der Waals surface area contributed by atoms with Gasteiger partial charge in [-0.3, -0.25) is 0 Å². The minimum Gasteiger partial charge on any atom is -0.399 e. The van der Waals surface area contributed by atoms with E-state index in [4.69, 9.17) is 5.73 Å². The van der Waals surface area contributed by atoms with Crippen molar-refractivity contribution < 1.29 is 0 Å². The molecule has 0 radical (unpaired) electrons. The minimum atomic E-state index is 0.447. The molecule has 2 heteroatoms. The molecule has 2 rings (SSSR count). The summed E-state index contributed by atoms with van der Waals surface area (Å²) in [6, 6.07) is 18.5. The first-order valence-electron chi connectivity index (χ1n) is 5.33. The normalized spacial score (nSPS) is 12.3. The Balaban J connectivity index is 2.11. The summed E-state index contributed by atoms with van der Waals surface area (Å²) in [4.78, 5) is 1.22. The minimum absolute atomic E-state index is 0.447. The highest BCUT2D eigenvalue weighted by atomic mass is 32.2. The van der Waals surface area contributed by atoms with Crippen LogP contribution in [0.25, 0.3) is 0 Å². The molecule has 1 nitrogen and oxygen atoms in total. The third-order valence-electron chi connectivity index (χ3n) is 2.44. The zero-order chi connectivity index (χ0) is 11.4. The molecule has 0 aliphatic heterocycles. The van der Waals surface area contributed by atoms with E-state index in [1.807, 2.05) is 36.0 Å². The van der Waals surface area contributed by atoms with Gasteiger partial charge >= 0.3 is 0 Å². The fourth-order valence-electron chi connectivity index (χ4n) is 1.58. The molecule has 0 aliphatic carbocycles. The molecular formula is C14H15NS. The zero-order valence-corrected chi connectivity index (χ0v) is 10.1. The molecule has 0 saturated carbocycles. The summed E-state index contributed by atoms with van der Waals surface area (Å²) < 4.78 is 0. The van der Waals surface area contributed by atoms with Gasteiger partial charge < -0.3 is 5.73 Å². The number of benzene rings is 2. The highest BCUT2D eigenvalue weighted by Gasteiger charge is 2.06. The van der Waals surface area contributed by atoms with E-state index >= 15 is 0 Å². The monoisotopic (exact) mass is 229 g/mol. The van der Waals surface area contributed by atoms with Crippen molar-refractivity contribution in [1.82, 2.24) is 0 Å². The standard InChI is InChI=1S/C14H15NS/c1-11(12-6-3-2-4-7-12)16-14-9-5-8-13(15)10-14/h2-11H,15H2,1H3. The van der Waals surface area contributed by atoms with Crippen LogP contribution >= 0.6 is 11.8 Å². The maximum Gasteiger partial charge on any atom is 0.0325 e. The summed E-state index contributed by atoms with van der Waals surface area (Å²) in [6.07, 6.45) is 0. The molecule has 0 spiro atoms. The lowest BCUT2D eigenvalue weighted by Gasteiger charge is -2.11. The van der Waals surface area contributed by atoms with Crippen molar-refractivity contribution in [2.75, 3.05) is 5.73 Å². The fourth-order valence-corrected chi connectivity index (χ4v) is 2.65. The maximum absolute atomic E-state index is 5.76. The number of hydrogen-bond donors (Lipinski definition) is 1. The van der Waals surface area contributed by atoms with E-state index in [1.54, 1.807) is 0 Å². The predicted molar refractivity (Wildman–Crippen MR) is 71.6 cm³/mol. The Kier molecular flexibility index (Phi) is 3.52. The van der Waals surface area contributed by atoms with Gasteiger partial charge in [-0.1, -0.05) is 36.4 Å². The first-order chi connectivity index (χ1) is 7.75. The van der Waals surface area contributed by atoms with Gasteiger partial charge in [-0.25, -0.2) is 0 Å². The molecule has 0 amide bonds. The number of rotatable bonds is 3. The lowest BCUT2D eigenvalue weighted by Crippen LogP contribution is -1.88. The summed E-state index contributed by atoms with van der Waals surface area (Å²) in [6.45, 7) is 2.21. The van der Waals surface area contributed by atoms with Gasteiger partial charge in [-0.2, -0.15) is 0 Å². The molecular weight excluding hydrogens is 214 g/mol. The Hall–Kier alpha value is -1.41. The summed E-state index contributed by atoms with van der Waals surface area (Å²) in [5.41, 5.74) is 7.93. The lowest BCUT2D eigenvalue weighted by molar-refractivity contribution is 1.10. The van der Waals surface area contributed by atoms with Crippen LogP contribution in [0.4, 0.5) is 5.69 Å². The van der Waals surface area contributed by atoms with Crippen LogP contribution in [0, 0.1) is 0 Å². The second-order valence-electron chi connectivity index (χ2n) is 3.74. The summed E-state index contributed by atoms with van der Waals surface area (Å²) in [5, 5.41) is 0.447. The highest BCUT2D eigenvalue weighted by Crippen LogP contribution is 2.34. The van der Waals surface area contributed by atoms with Crippen LogP contribution in [0.2, 0.25) is 0 Å². The molecule has 82 valence electrons. The Morgan fingerprint density at radius 3 is 2.44 bits per heavy atom. The summed E-state index contributed by atoms with van der Waals surface area (Å²) >= 11 is 1.83. The van der Waals surface area contributed by atoms with Crippen molar-refractivity contribution in [3.8, 4) is 0 Å². The first-order valence-corrected chi connectivity index (χ1v) is 6.21. The number of hydrogen-bond acceptors (Lipinski definition) is 2. The molecule has 0 bridgehead atoms. The largest absolute Gasteiger partial charge is 0.399 e. The Morgan fingerprint density at radius 2 is 1.75 bits per heavy atom. The van der Waals surface area contributed by atoms with Gasteiger partial charge in [0, 0.05) is 15.8 Å². The van der Waals surface area contributed by atoms with Crippen LogP contribution in [-0.4, -0.2) is 0 Å². The summed E-state index contributed by atoms with van der Waals surface area (Å²) in [5.74, 6) is 0. The molecule has 0 saturated heterocycles. The molecule has 2 aromatic carbocycles. The fraction of sp³-hybridized carbons (Fsp3) is 0.143. The second-order valence-corrected chi connectivity index (χ2v) is 5.16. The molecule has 2 N–H and O–H groups in total. The maximum atomic E-state index is 5.76. The van der Waals surface area contributed by atoms with Gasteiger partial charge in [0.2, 0.25) is 0 Å². The van der Waals surface area contributed by atoms with E-state index < -0.39 is 0 Å². The predicted octanol–water partition coefficient (Wildman–Crippen LogP) is 4.12. The zero-order valence-electron chi connectivity index (χ0n) is 9.26. The molecule has 0 aliphatic rings. The van der Waals surface area contributed by atoms with Crippen LogP contribution in [-0.2, 0) is 0 Å². The molecule has 0 heterocycles. The Morgan fingerprint density at radius 1 is 1.00 bits per heavy atom. The van der Waals surface area contributed by atoms with Gasteiger partial charge in [0.1, 0.15) is 0 Å². The topological polar surface area (TPSA) is 26.0 Å². The van der Waals surface area contributed by atoms with Crippen LogP contribution in [0.3, 0.4) is 0 Å². The molecule has 0 fully saturated rings. The molecule has 1 unspecified atom stereocenters. The van der Waals surface area contributed by atoms with Crippen molar-refractivity contribution in [3.63, 3.8) is 0 Å². The van der Waals surface area contributed by atoms with Crippen molar-refractivity contribution in [1.29, 1.82) is 0 Å². The van der Waals surface area contributed by atoms with Gasteiger partial charge in [-0.05, 0) is 30.7 Å². The molecule has 1 atom stereocenters. The average Bonchev–Trinajstić information content (AvgIpc) is 2.30. The first kappa shape index (κ1) is 11.1. The quantitative estimate of drug-likeness (QED) is 0.633. The van der Waals surface area contributed by atoms with E-state index in [9.17, 15) is 0 Å². The van der Waals surface area contributed by atoms with Crippen molar-refractivity contribution in [3.05, 3.63) is 60.2 Å². The van der Waals surface area contributed by atoms with E-state index in [-0.39, 0.29) is 0 Å². The van der Waals surface area contributed by atoms with Crippen molar-refractivity contribution >= 4 is 17.4 Å². The number of anilines is 1. The lowest BCUT2D eigenvalue weighted by atomic mass is 10.2. The SMILES string of the molecule is CC(Sc1cccc(N)c1)c1ccccc1. The van der Waals surface area contributed by atoms with Gasteiger partial charge in [0.05, 0.1) is 0 Å². The van der Waals surface area contributed by atoms with E-state index in [1.165, 1.54) is 10.5 Å². The van der Waals surface area contributed by atoms with Crippen LogP contribution in [0.15, 0.2) is 59.5 Å². The third kappa shape index (κ3) is 2.80. The van der Waals surface area contributed by atoms with Crippen LogP contribution in [0.1, 0.15) is 17.7 Å². The van der Waals surface area contributed by atoms with Gasteiger partial charge in [0.15, 0.2) is 0 Å². The van der Waals surface area contributed by atoms with Crippen LogP contribution in [0.5, 0.6) is 0 Å². The molecule has 0 aromatic heterocycles.